The van der Waals surface area contributed by atoms with E-state index in [4.69, 9.17) is 0 Å². The Kier molecular flexibility index (Phi) is 4.67. The first-order valence-electron chi connectivity index (χ1n) is 3.98. The van der Waals surface area contributed by atoms with E-state index in [0.29, 0.717) is 4.47 Å². The molecule has 0 aliphatic carbocycles. The summed E-state index contributed by atoms with van der Waals surface area (Å²) in [5, 5.41) is 0. The van der Waals surface area contributed by atoms with Crippen LogP contribution in [0.4, 0.5) is 8.78 Å². The third-order valence-corrected chi connectivity index (χ3v) is 3.64. The highest BCUT2D eigenvalue weighted by Gasteiger charge is 2.20. The molecule has 1 rings (SSSR count). The summed E-state index contributed by atoms with van der Waals surface area (Å²) in [6, 6.07) is 2.85. The molecule has 16 heavy (non-hydrogen) atoms. The van der Waals surface area contributed by atoms with Gasteiger partial charge in [0.1, 0.15) is 5.56 Å². The Morgan fingerprint density at radius 1 is 1.38 bits per heavy atom. The Morgan fingerprint density at radius 3 is 2.50 bits per heavy atom. The Labute approximate surface area is 107 Å². The lowest BCUT2D eigenvalue weighted by Crippen LogP contribution is -2.10. The Bertz CT molecular complexity index is 410. The van der Waals surface area contributed by atoms with Gasteiger partial charge >= 0.3 is 12.6 Å². The number of esters is 1. The van der Waals surface area contributed by atoms with Crippen molar-refractivity contribution < 1.29 is 23.0 Å². The zero-order chi connectivity index (χ0) is 12.3. The highest BCUT2D eigenvalue weighted by molar-refractivity contribution is 9.13. The number of rotatable bonds is 3. The van der Waals surface area contributed by atoms with Gasteiger partial charge < -0.3 is 9.47 Å². The standard InChI is InChI=1S/C9H6Br2F2O3/c1-15-8(14)4-2-3-5(10)6(11)7(4)16-9(12)13/h2-3,9H,1H3. The highest BCUT2D eigenvalue weighted by atomic mass is 79.9. The molecule has 0 saturated heterocycles. The van der Waals surface area contributed by atoms with Crippen LogP contribution >= 0.6 is 31.9 Å². The number of benzene rings is 1. The first-order valence-corrected chi connectivity index (χ1v) is 5.57. The first-order chi connectivity index (χ1) is 7.47. The molecule has 1 aromatic carbocycles. The Hall–Kier alpha value is -0.690. The Morgan fingerprint density at radius 2 is 2.00 bits per heavy atom. The van der Waals surface area contributed by atoms with Gasteiger partial charge in [0, 0.05) is 4.47 Å². The molecule has 1 aromatic rings. The molecule has 0 spiro atoms. The van der Waals surface area contributed by atoms with Gasteiger partial charge in [-0.1, -0.05) is 0 Å². The van der Waals surface area contributed by atoms with Gasteiger partial charge in [0.25, 0.3) is 0 Å². The zero-order valence-electron chi connectivity index (χ0n) is 7.97. The van der Waals surface area contributed by atoms with Crippen molar-refractivity contribution >= 4 is 37.8 Å². The molecule has 0 aliphatic rings. The van der Waals surface area contributed by atoms with E-state index < -0.39 is 12.6 Å². The largest absolute Gasteiger partial charge is 0.465 e. The molecule has 0 heterocycles. The van der Waals surface area contributed by atoms with E-state index in [1.165, 1.54) is 12.1 Å². The van der Waals surface area contributed by atoms with Crippen LogP contribution in [0.5, 0.6) is 5.75 Å². The normalized spacial score (nSPS) is 10.4. The lowest BCUT2D eigenvalue weighted by Gasteiger charge is -2.12. The van der Waals surface area contributed by atoms with Gasteiger partial charge in [-0.15, -0.1) is 0 Å². The summed E-state index contributed by atoms with van der Waals surface area (Å²) in [4.78, 5) is 11.3. The van der Waals surface area contributed by atoms with E-state index >= 15 is 0 Å². The van der Waals surface area contributed by atoms with Crippen LogP contribution in [-0.4, -0.2) is 19.7 Å². The minimum atomic E-state index is -3.02. The van der Waals surface area contributed by atoms with Crippen molar-refractivity contribution in [2.24, 2.45) is 0 Å². The summed E-state index contributed by atoms with van der Waals surface area (Å²) in [7, 11) is 1.16. The van der Waals surface area contributed by atoms with Gasteiger partial charge in [0.15, 0.2) is 5.75 Å². The average molecular weight is 360 g/mol. The van der Waals surface area contributed by atoms with E-state index in [0.717, 1.165) is 7.11 Å². The van der Waals surface area contributed by atoms with Crippen molar-refractivity contribution in [1.82, 2.24) is 0 Å². The first kappa shape index (κ1) is 13.4. The fourth-order valence-corrected chi connectivity index (χ4v) is 1.76. The molecule has 7 heteroatoms. The van der Waals surface area contributed by atoms with Crippen LogP contribution in [0.1, 0.15) is 10.4 Å². The van der Waals surface area contributed by atoms with E-state index in [1.54, 1.807) is 0 Å². The number of methoxy groups -OCH3 is 1. The molecule has 0 aliphatic heterocycles. The van der Waals surface area contributed by atoms with Gasteiger partial charge in [-0.3, -0.25) is 0 Å². The van der Waals surface area contributed by atoms with Crippen LogP contribution in [-0.2, 0) is 4.74 Å². The Balaban J connectivity index is 3.27. The summed E-state index contributed by atoms with van der Waals surface area (Å²) >= 11 is 6.16. The summed E-state index contributed by atoms with van der Waals surface area (Å²) < 4.78 is 33.8. The van der Waals surface area contributed by atoms with Crippen molar-refractivity contribution in [3.63, 3.8) is 0 Å². The summed E-state index contributed by atoms with van der Waals surface area (Å²) in [6.07, 6.45) is 0. The fourth-order valence-electron chi connectivity index (χ4n) is 1.01. The van der Waals surface area contributed by atoms with Crippen molar-refractivity contribution in [2.75, 3.05) is 7.11 Å². The molecule has 3 nitrogen and oxygen atoms in total. The number of carbonyl (C=O) groups is 1. The predicted molar refractivity (Wildman–Crippen MR) is 59.8 cm³/mol. The van der Waals surface area contributed by atoms with Gasteiger partial charge in [0.2, 0.25) is 0 Å². The molecule has 88 valence electrons. The van der Waals surface area contributed by atoms with Gasteiger partial charge in [-0.2, -0.15) is 8.78 Å². The summed E-state index contributed by atoms with van der Waals surface area (Å²) in [5.74, 6) is -1.000. The van der Waals surface area contributed by atoms with Gasteiger partial charge in [-0.05, 0) is 44.0 Å². The number of carbonyl (C=O) groups excluding carboxylic acids is 1. The SMILES string of the molecule is COC(=O)c1ccc(Br)c(Br)c1OC(F)F. The van der Waals surface area contributed by atoms with Gasteiger partial charge in [0.05, 0.1) is 11.6 Å². The van der Waals surface area contributed by atoms with Crippen LogP contribution in [0.25, 0.3) is 0 Å². The molecule has 0 N–H and O–H groups in total. The molecule has 0 radical (unpaired) electrons. The number of halogens is 4. The van der Waals surface area contributed by atoms with Crippen LogP contribution in [0.3, 0.4) is 0 Å². The lowest BCUT2D eigenvalue weighted by molar-refractivity contribution is -0.0509. The molecular weight excluding hydrogens is 354 g/mol. The lowest BCUT2D eigenvalue weighted by atomic mass is 10.2. The second kappa shape index (κ2) is 5.58. The van der Waals surface area contributed by atoms with Crippen molar-refractivity contribution in [3.05, 3.63) is 26.6 Å². The topological polar surface area (TPSA) is 35.5 Å². The number of hydrogen-bond acceptors (Lipinski definition) is 3. The molecule has 0 fully saturated rings. The van der Waals surface area contributed by atoms with E-state index in [2.05, 4.69) is 41.3 Å². The maximum Gasteiger partial charge on any atom is 0.387 e. The molecule has 0 saturated carbocycles. The van der Waals surface area contributed by atoms with Crippen LogP contribution in [0, 0.1) is 0 Å². The number of alkyl halides is 2. The van der Waals surface area contributed by atoms with Crippen LogP contribution in [0.15, 0.2) is 21.1 Å². The number of hydrogen-bond donors (Lipinski definition) is 0. The van der Waals surface area contributed by atoms with Gasteiger partial charge in [-0.25, -0.2) is 4.79 Å². The van der Waals surface area contributed by atoms with E-state index in [9.17, 15) is 13.6 Å². The predicted octanol–water partition coefficient (Wildman–Crippen LogP) is 3.60. The van der Waals surface area contributed by atoms with Crippen molar-refractivity contribution in [1.29, 1.82) is 0 Å². The molecule has 0 atom stereocenters. The summed E-state index contributed by atoms with van der Waals surface area (Å²) in [5.41, 5.74) is -0.0714. The quantitative estimate of drug-likeness (QED) is 0.773. The fraction of sp³-hybridized carbons (Fsp3) is 0.222. The maximum absolute atomic E-state index is 12.2. The minimum Gasteiger partial charge on any atom is -0.465 e. The molecular formula is C9H6Br2F2O3. The van der Waals surface area contributed by atoms with E-state index in [-0.39, 0.29) is 15.8 Å². The molecule has 0 amide bonds. The molecule has 0 bridgehead atoms. The minimum absolute atomic E-state index is 0.0714. The van der Waals surface area contributed by atoms with E-state index in [1.807, 2.05) is 0 Å². The number of ether oxygens (including phenoxy) is 2. The van der Waals surface area contributed by atoms with Crippen molar-refractivity contribution in [3.8, 4) is 5.75 Å². The second-order valence-corrected chi connectivity index (χ2v) is 4.26. The maximum atomic E-state index is 12.2. The summed E-state index contributed by atoms with van der Waals surface area (Å²) in [6.45, 7) is -3.02. The smallest absolute Gasteiger partial charge is 0.387 e. The zero-order valence-corrected chi connectivity index (χ0v) is 11.1. The molecule has 0 aromatic heterocycles. The second-order valence-electron chi connectivity index (χ2n) is 2.61. The third-order valence-electron chi connectivity index (χ3n) is 1.66. The monoisotopic (exact) mass is 358 g/mol. The van der Waals surface area contributed by atoms with Crippen LogP contribution < -0.4 is 4.74 Å². The van der Waals surface area contributed by atoms with Crippen LogP contribution in [0.2, 0.25) is 0 Å². The third kappa shape index (κ3) is 2.91. The highest BCUT2D eigenvalue weighted by Crippen LogP contribution is 2.36. The van der Waals surface area contributed by atoms with Crippen molar-refractivity contribution in [2.45, 2.75) is 6.61 Å². The molecule has 0 unspecified atom stereocenters. The average Bonchev–Trinajstić information content (AvgIpc) is 2.23.